The number of aromatic nitrogens is 3. The summed E-state index contributed by atoms with van der Waals surface area (Å²) < 4.78 is 0. The number of benzene rings is 2. The molecule has 0 bridgehead atoms. The van der Waals surface area contributed by atoms with Crippen LogP contribution in [0.3, 0.4) is 0 Å². The van der Waals surface area contributed by atoms with E-state index in [-0.39, 0.29) is 5.91 Å². The Morgan fingerprint density at radius 1 is 1.00 bits per heavy atom. The van der Waals surface area contributed by atoms with Crippen molar-refractivity contribution in [3.63, 3.8) is 0 Å². The lowest BCUT2D eigenvalue weighted by Crippen LogP contribution is -2.31. The van der Waals surface area contributed by atoms with E-state index in [9.17, 15) is 4.79 Å². The maximum absolute atomic E-state index is 12.4. The summed E-state index contributed by atoms with van der Waals surface area (Å²) in [5.41, 5.74) is 6.60. The Kier molecular flexibility index (Phi) is 6.60. The molecular weight excluding hydrogens is 412 g/mol. The Balaban J connectivity index is 1.49. The van der Waals surface area contributed by atoms with Gasteiger partial charge in [-0.25, -0.2) is 9.97 Å². The molecule has 2 aromatic heterocycles. The maximum atomic E-state index is 12.4. The molecular formula is C26H28N6O. The van der Waals surface area contributed by atoms with E-state index in [0.717, 1.165) is 39.8 Å². The van der Waals surface area contributed by atoms with Crippen LogP contribution >= 0.6 is 0 Å². The molecule has 0 aliphatic carbocycles. The van der Waals surface area contributed by atoms with Gasteiger partial charge in [0.05, 0.1) is 5.52 Å². The molecule has 7 heteroatoms. The monoisotopic (exact) mass is 440 g/mol. The standard InChI is InChI=1S/C26H28N6O/c1-17-9-10-27-16-23(17)19-5-8-24-20(14-19)15-29-26(31-24)30-21-6-7-22(18(2)13-21)25(33)28-11-12-32(3)4/h5-10,13-16H,11-12H2,1-4H3,(H,28,33)(H,29,30,31). The van der Waals surface area contributed by atoms with E-state index in [2.05, 4.69) is 44.6 Å². The molecule has 4 aromatic rings. The maximum Gasteiger partial charge on any atom is 0.251 e. The third-order valence-electron chi connectivity index (χ3n) is 5.50. The van der Waals surface area contributed by atoms with Gasteiger partial charge in [0.25, 0.3) is 5.91 Å². The summed E-state index contributed by atoms with van der Waals surface area (Å²) in [6, 6.07) is 13.8. The molecule has 0 aliphatic heterocycles. The SMILES string of the molecule is Cc1cc(Nc2ncc3cc(-c4cnccc4C)ccc3n2)ccc1C(=O)NCCN(C)C. The molecule has 2 heterocycles. The molecule has 0 aliphatic rings. The van der Waals surface area contributed by atoms with Crippen LogP contribution in [0.15, 0.2) is 61.1 Å². The fourth-order valence-corrected chi connectivity index (χ4v) is 3.64. The molecule has 7 nitrogen and oxygen atoms in total. The van der Waals surface area contributed by atoms with Crippen LogP contribution in [-0.4, -0.2) is 52.9 Å². The minimum Gasteiger partial charge on any atom is -0.351 e. The summed E-state index contributed by atoms with van der Waals surface area (Å²) in [4.78, 5) is 27.8. The van der Waals surface area contributed by atoms with E-state index in [1.54, 1.807) is 6.20 Å². The largest absolute Gasteiger partial charge is 0.351 e. The third kappa shape index (κ3) is 5.32. The van der Waals surface area contributed by atoms with Crippen molar-refractivity contribution in [3.05, 3.63) is 77.7 Å². The number of fused-ring (bicyclic) bond motifs is 1. The first-order valence-electron chi connectivity index (χ1n) is 10.9. The summed E-state index contributed by atoms with van der Waals surface area (Å²) >= 11 is 0. The van der Waals surface area contributed by atoms with Gasteiger partial charge in [-0.1, -0.05) is 6.07 Å². The first-order chi connectivity index (χ1) is 15.9. The molecule has 0 saturated heterocycles. The van der Waals surface area contributed by atoms with E-state index in [1.165, 1.54) is 5.56 Å². The first-order valence-corrected chi connectivity index (χ1v) is 10.9. The topological polar surface area (TPSA) is 83.0 Å². The molecule has 2 aromatic carbocycles. The zero-order valence-electron chi connectivity index (χ0n) is 19.4. The average molecular weight is 441 g/mol. The van der Waals surface area contributed by atoms with Gasteiger partial charge < -0.3 is 15.5 Å². The van der Waals surface area contributed by atoms with Crippen LogP contribution in [0.5, 0.6) is 0 Å². The van der Waals surface area contributed by atoms with E-state index in [0.29, 0.717) is 18.1 Å². The van der Waals surface area contributed by atoms with Gasteiger partial charge in [-0.15, -0.1) is 0 Å². The predicted octanol–water partition coefficient (Wildman–Crippen LogP) is 4.34. The number of anilines is 2. The van der Waals surface area contributed by atoms with Crippen LogP contribution in [0.2, 0.25) is 0 Å². The quantitative estimate of drug-likeness (QED) is 0.445. The number of nitrogens with zero attached hydrogens (tertiary/aromatic N) is 4. The van der Waals surface area contributed by atoms with Crippen molar-refractivity contribution in [2.24, 2.45) is 0 Å². The van der Waals surface area contributed by atoms with Gasteiger partial charge in [-0.3, -0.25) is 9.78 Å². The number of nitrogens with one attached hydrogen (secondary N) is 2. The van der Waals surface area contributed by atoms with Crippen LogP contribution in [-0.2, 0) is 0 Å². The lowest BCUT2D eigenvalue weighted by Gasteiger charge is -2.13. The van der Waals surface area contributed by atoms with Gasteiger partial charge in [0.2, 0.25) is 5.95 Å². The van der Waals surface area contributed by atoms with Gasteiger partial charge >= 0.3 is 0 Å². The number of hydrogen-bond donors (Lipinski definition) is 2. The second-order valence-corrected chi connectivity index (χ2v) is 8.37. The number of pyridine rings is 1. The number of rotatable bonds is 7. The summed E-state index contributed by atoms with van der Waals surface area (Å²) in [5, 5.41) is 7.16. The highest BCUT2D eigenvalue weighted by molar-refractivity contribution is 5.96. The number of aryl methyl sites for hydroxylation is 2. The first kappa shape index (κ1) is 22.4. The summed E-state index contributed by atoms with van der Waals surface area (Å²) in [5.74, 6) is 0.443. The lowest BCUT2D eigenvalue weighted by atomic mass is 10.0. The molecule has 0 unspecified atom stereocenters. The average Bonchev–Trinajstić information content (AvgIpc) is 2.79. The normalized spacial score (nSPS) is 11.1. The van der Waals surface area contributed by atoms with Crippen molar-refractivity contribution in [2.75, 3.05) is 32.5 Å². The van der Waals surface area contributed by atoms with Crippen molar-refractivity contribution in [1.29, 1.82) is 0 Å². The van der Waals surface area contributed by atoms with Gasteiger partial charge in [-0.2, -0.15) is 0 Å². The van der Waals surface area contributed by atoms with Crippen molar-refractivity contribution >= 4 is 28.4 Å². The van der Waals surface area contributed by atoms with Crippen molar-refractivity contribution in [1.82, 2.24) is 25.2 Å². The van der Waals surface area contributed by atoms with Crippen molar-refractivity contribution < 1.29 is 4.79 Å². The molecule has 0 fully saturated rings. The molecule has 2 N–H and O–H groups in total. The van der Waals surface area contributed by atoms with Crippen LogP contribution in [0.25, 0.3) is 22.0 Å². The smallest absolute Gasteiger partial charge is 0.251 e. The van der Waals surface area contributed by atoms with Crippen LogP contribution < -0.4 is 10.6 Å². The van der Waals surface area contributed by atoms with Crippen molar-refractivity contribution in [2.45, 2.75) is 13.8 Å². The van der Waals surface area contributed by atoms with Gasteiger partial charge in [0.15, 0.2) is 0 Å². The molecule has 33 heavy (non-hydrogen) atoms. The Morgan fingerprint density at radius 2 is 1.85 bits per heavy atom. The third-order valence-corrected chi connectivity index (χ3v) is 5.50. The number of amides is 1. The Labute approximate surface area is 193 Å². The number of likely N-dealkylation sites (N-methyl/N-ethyl adjacent to an activating group) is 1. The molecule has 168 valence electrons. The zero-order valence-corrected chi connectivity index (χ0v) is 19.4. The highest BCUT2D eigenvalue weighted by Crippen LogP contribution is 2.26. The van der Waals surface area contributed by atoms with Gasteiger partial charge in [0, 0.05) is 53.9 Å². The lowest BCUT2D eigenvalue weighted by molar-refractivity contribution is 0.0950. The molecule has 0 spiro atoms. The summed E-state index contributed by atoms with van der Waals surface area (Å²) in [6.07, 6.45) is 5.49. The van der Waals surface area contributed by atoms with E-state index in [4.69, 9.17) is 0 Å². The number of hydrogen-bond acceptors (Lipinski definition) is 6. The second kappa shape index (κ2) is 9.75. The number of carbonyl (C=O) groups excluding carboxylic acids is 1. The fraction of sp³-hybridized carbons (Fsp3) is 0.231. The predicted molar refractivity (Wildman–Crippen MR) is 133 cm³/mol. The van der Waals surface area contributed by atoms with E-state index >= 15 is 0 Å². The van der Waals surface area contributed by atoms with E-state index < -0.39 is 0 Å². The van der Waals surface area contributed by atoms with Crippen molar-refractivity contribution in [3.8, 4) is 11.1 Å². The second-order valence-electron chi connectivity index (χ2n) is 8.37. The van der Waals surface area contributed by atoms with Gasteiger partial charge in [-0.05, 0) is 81.0 Å². The van der Waals surface area contributed by atoms with Crippen LogP contribution in [0, 0.1) is 13.8 Å². The Bertz CT molecular complexity index is 1300. The van der Waals surface area contributed by atoms with E-state index in [1.807, 2.05) is 68.6 Å². The highest BCUT2D eigenvalue weighted by Gasteiger charge is 2.10. The number of carbonyl (C=O) groups is 1. The van der Waals surface area contributed by atoms with Crippen LogP contribution in [0.1, 0.15) is 21.5 Å². The Hall–Kier alpha value is -3.84. The minimum atomic E-state index is -0.0671. The summed E-state index contributed by atoms with van der Waals surface area (Å²) in [6.45, 7) is 5.41. The van der Waals surface area contributed by atoms with Crippen LogP contribution in [0.4, 0.5) is 11.6 Å². The molecule has 0 atom stereocenters. The highest BCUT2D eigenvalue weighted by atomic mass is 16.1. The summed E-state index contributed by atoms with van der Waals surface area (Å²) in [7, 11) is 3.96. The molecule has 0 saturated carbocycles. The zero-order chi connectivity index (χ0) is 23.4. The van der Waals surface area contributed by atoms with Gasteiger partial charge in [0.1, 0.15) is 0 Å². The Morgan fingerprint density at radius 3 is 2.61 bits per heavy atom. The fourth-order valence-electron chi connectivity index (χ4n) is 3.64. The molecule has 0 radical (unpaired) electrons. The molecule has 4 rings (SSSR count). The molecule has 1 amide bonds. The minimum absolute atomic E-state index is 0.0671.